The predicted molar refractivity (Wildman–Crippen MR) is 83.0 cm³/mol. The number of thiazole rings is 1. The molecule has 0 radical (unpaired) electrons. The number of aromatic nitrogens is 1. The summed E-state index contributed by atoms with van der Waals surface area (Å²) in [7, 11) is 0. The van der Waals surface area contributed by atoms with Crippen molar-refractivity contribution in [1.29, 1.82) is 0 Å². The summed E-state index contributed by atoms with van der Waals surface area (Å²) in [5, 5.41) is 4.17. The Morgan fingerprint density at radius 3 is 2.80 bits per heavy atom. The maximum absolute atomic E-state index is 13.5. The summed E-state index contributed by atoms with van der Waals surface area (Å²) in [6.07, 6.45) is 0.654. The van der Waals surface area contributed by atoms with Crippen LogP contribution in [0.5, 0.6) is 0 Å². The molecule has 1 heterocycles. The minimum Gasteiger partial charge on any atom is -0.361 e. The van der Waals surface area contributed by atoms with Crippen molar-refractivity contribution in [2.75, 3.05) is 11.9 Å². The van der Waals surface area contributed by atoms with Crippen molar-refractivity contribution in [1.82, 2.24) is 4.98 Å². The minimum absolute atomic E-state index is 0.144. The van der Waals surface area contributed by atoms with E-state index in [-0.39, 0.29) is 5.82 Å². The number of nitrogens with one attached hydrogen (secondary N) is 1. The summed E-state index contributed by atoms with van der Waals surface area (Å²) >= 11 is 1.63. The van der Waals surface area contributed by atoms with Crippen molar-refractivity contribution < 1.29 is 4.39 Å². The molecular formula is C16H15FN2S. The monoisotopic (exact) mass is 286 g/mol. The molecule has 102 valence electrons. The lowest BCUT2D eigenvalue weighted by atomic mass is 10.1. The van der Waals surface area contributed by atoms with Gasteiger partial charge in [0, 0.05) is 6.54 Å². The first-order chi connectivity index (χ1) is 9.74. The molecule has 0 fully saturated rings. The normalized spacial score (nSPS) is 10.9. The van der Waals surface area contributed by atoms with Gasteiger partial charge in [-0.2, -0.15) is 0 Å². The molecule has 0 aliphatic carbocycles. The van der Waals surface area contributed by atoms with Crippen molar-refractivity contribution >= 4 is 26.7 Å². The predicted octanol–water partition coefficient (Wildman–Crippen LogP) is 4.40. The molecule has 3 rings (SSSR count). The molecule has 0 amide bonds. The van der Waals surface area contributed by atoms with Gasteiger partial charge in [0.25, 0.3) is 0 Å². The second-order valence-corrected chi connectivity index (χ2v) is 5.74. The fourth-order valence-electron chi connectivity index (χ4n) is 2.17. The molecule has 0 saturated heterocycles. The lowest BCUT2D eigenvalue weighted by Gasteiger charge is -2.03. The lowest BCUT2D eigenvalue weighted by molar-refractivity contribution is 0.610. The lowest BCUT2D eigenvalue weighted by Crippen LogP contribution is -2.05. The number of nitrogens with zero attached hydrogens (tertiary/aromatic N) is 1. The molecule has 0 aliphatic heterocycles. The van der Waals surface area contributed by atoms with Gasteiger partial charge in [-0.05, 0) is 36.6 Å². The number of benzene rings is 2. The molecule has 0 bridgehead atoms. The molecule has 20 heavy (non-hydrogen) atoms. The van der Waals surface area contributed by atoms with Gasteiger partial charge in [0.15, 0.2) is 5.13 Å². The van der Waals surface area contributed by atoms with Crippen LogP contribution >= 0.6 is 11.3 Å². The summed E-state index contributed by atoms with van der Waals surface area (Å²) in [6.45, 7) is 2.74. The Morgan fingerprint density at radius 1 is 1.15 bits per heavy atom. The molecule has 2 nitrogen and oxygen atoms in total. The second kappa shape index (κ2) is 5.59. The van der Waals surface area contributed by atoms with Gasteiger partial charge in [-0.25, -0.2) is 9.37 Å². The van der Waals surface area contributed by atoms with Gasteiger partial charge < -0.3 is 5.32 Å². The smallest absolute Gasteiger partial charge is 0.183 e. The van der Waals surface area contributed by atoms with Crippen LogP contribution in [0.1, 0.15) is 11.1 Å². The van der Waals surface area contributed by atoms with Crippen LogP contribution in [-0.4, -0.2) is 11.5 Å². The molecule has 0 unspecified atom stereocenters. The molecule has 0 aliphatic rings. The molecule has 0 saturated carbocycles. The Kier molecular flexibility index (Phi) is 3.65. The summed E-state index contributed by atoms with van der Waals surface area (Å²) in [4.78, 5) is 4.58. The van der Waals surface area contributed by atoms with Crippen LogP contribution in [0.4, 0.5) is 9.52 Å². The Morgan fingerprint density at radius 2 is 2.00 bits per heavy atom. The zero-order chi connectivity index (χ0) is 13.9. The molecule has 0 atom stereocenters. The van der Waals surface area contributed by atoms with Crippen LogP contribution in [0.3, 0.4) is 0 Å². The van der Waals surface area contributed by atoms with Gasteiger partial charge >= 0.3 is 0 Å². The third kappa shape index (κ3) is 2.65. The van der Waals surface area contributed by atoms with E-state index in [1.54, 1.807) is 17.4 Å². The quantitative estimate of drug-likeness (QED) is 0.769. The van der Waals surface area contributed by atoms with E-state index in [1.807, 2.05) is 18.2 Å². The molecule has 1 aromatic heterocycles. The fraction of sp³-hybridized carbons (Fsp3) is 0.188. The zero-order valence-corrected chi connectivity index (χ0v) is 12.0. The molecule has 1 N–H and O–H groups in total. The van der Waals surface area contributed by atoms with Crippen LogP contribution in [0, 0.1) is 12.7 Å². The third-order valence-corrected chi connectivity index (χ3v) is 4.23. The number of aryl methyl sites for hydroxylation is 1. The molecule has 4 heteroatoms. The number of para-hydroxylation sites is 1. The van der Waals surface area contributed by atoms with Gasteiger partial charge in [0.05, 0.1) is 10.2 Å². The van der Waals surface area contributed by atoms with Crippen molar-refractivity contribution in [2.45, 2.75) is 13.3 Å². The fourth-order valence-corrected chi connectivity index (χ4v) is 3.14. The third-order valence-electron chi connectivity index (χ3n) is 3.25. The van der Waals surface area contributed by atoms with E-state index in [0.717, 1.165) is 16.2 Å². The van der Waals surface area contributed by atoms with E-state index in [4.69, 9.17) is 0 Å². The summed E-state index contributed by atoms with van der Waals surface area (Å²) in [5.74, 6) is -0.144. The van der Waals surface area contributed by atoms with E-state index in [9.17, 15) is 4.39 Å². The molecule has 2 aromatic carbocycles. The molecule has 0 spiro atoms. The maximum atomic E-state index is 13.5. The average Bonchev–Trinajstić information content (AvgIpc) is 2.85. The SMILES string of the molecule is Cc1cccc2sc(NCCc3ccccc3F)nc12. The Labute approximate surface area is 121 Å². The standard InChI is InChI=1S/C16H15FN2S/c1-11-5-4-8-14-15(11)19-16(20-14)18-10-9-12-6-2-3-7-13(12)17/h2-8H,9-10H2,1H3,(H,18,19). The molecular weight excluding hydrogens is 271 g/mol. The highest BCUT2D eigenvalue weighted by Gasteiger charge is 2.06. The number of hydrogen-bond donors (Lipinski definition) is 1. The Hall–Kier alpha value is -1.94. The van der Waals surface area contributed by atoms with Crippen LogP contribution in [0.25, 0.3) is 10.2 Å². The zero-order valence-electron chi connectivity index (χ0n) is 11.2. The topological polar surface area (TPSA) is 24.9 Å². The van der Waals surface area contributed by atoms with Crippen molar-refractivity contribution in [3.8, 4) is 0 Å². The largest absolute Gasteiger partial charge is 0.361 e. The Bertz CT molecular complexity index is 736. The van der Waals surface area contributed by atoms with Gasteiger partial charge in [-0.15, -0.1) is 0 Å². The highest BCUT2D eigenvalue weighted by molar-refractivity contribution is 7.22. The second-order valence-electron chi connectivity index (χ2n) is 4.71. The number of hydrogen-bond acceptors (Lipinski definition) is 3. The minimum atomic E-state index is -0.144. The first kappa shape index (κ1) is 13.1. The highest BCUT2D eigenvalue weighted by atomic mass is 32.1. The van der Waals surface area contributed by atoms with Gasteiger partial charge in [-0.1, -0.05) is 41.7 Å². The molecule has 3 aromatic rings. The van der Waals surface area contributed by atoms with E-state index >= 15 is 0 Å². The summed E-state index contributed by atoms with van der Waals surface area (Å²) in [5.41, 5.74) is 2.96. The van der Waals surface area contributed by atoms with Crippen LogP contribution < -0.4 is 5.32 Å². The van der Waals surface area contributed by atoms with Crippen molar-refractivity contribution in [2.24, 2.45) is 0 Å². The van der Waals surface area contributed by atoms with Crippen LogP contribution in [-0.2, 0) is 6.42 Å². The maximum Gasteiger partial charge on any atom is 0.183 e. The van der Waals surface area contributed by atoms with Crippen LogP contribution in [0.15, 0.2) is 42.5 Å². The van der Waals surface area contributed by atoms with Crippen molar-refractivity contribution in [3.05, 3.63) is 59.4 Å². The van der Waals surface area contributed by atoms with E-state index in [2.05, 4.69) is 29.4 Å². The summed E-state index contributed by atoms with van der Waals surface area (Å²) < 4.78 is 14.7. The van der Waals surface area contributed by atoms with Crippen LogP contribution in [0.2, 0.25) is 0 Å². The number of anilines is 1. The first-order valence-electron chi connectivity index (χ1n) is 6.57. The number of halogens is 1. The highest BCUT2D eigenvalue weighted by Crippen LogP contribution is 2.27. The van der Waals surface area contributed by atoms with Gasteiger partial charge in [-0.3, -0.25) is 0 Å². The van der Waals surface area contributed by atoms with E-state index in [1.165, 1.54) is 16.3 Å². The average molecular weight is 286 g/mol. The first-order valence-corrected chi connectivity index (χ1v) is 7.39. The summed E-state index contributed by atoms with van der Waals surface area (Å²) in [6, 6.07) is 13.1. The Balaban J connectivity index is 1.68. The van der Waals surface area contributed by atoms with E-state index in [0.29, 0.717) is 13.0 Å². The van der Waals surface area contributed by atoms with Crippen molar-refractivity contribution in [3.63, 3.8) is 0 Å². The van der Waals surface area contributed by atoms with Gasteiger partial charge in [0.2, 0.25) is 0 Å². The van der Waals surface area contributed by atoms with Gasteiger partial charge in [0.1, 0.15) is 5.82 Å². The number of rotatable bonds is 4. The number of fused-ring (bicyclic) bond motifs is 1. The van der Waals surface area contributed by atoms with E-state index < -0.39 is 0 Å².